The second-order valence-corrected chi connectivity index (χ2v) is 9.63. The van der Waals surface area contributed by atoms with Gasteiger partial charge in [-0.3, -0.25) is 9.59 Å². The monoisotopic (exact) mass is 523 g/mol. The number of unbranched alkanes of at least 4 members (excludes halogenated alkanes) is 9. The van der Waals surface area contributed by atoms with Gasteiger partial charge in [-0.25, -0.2) is 0 Å². The van der Waals surface area contributed by atoms with E-state index in [1.807, 2.05) is 0 Å². The molecule has 1 aliphatic rings. The Balaban J connectivity index is 0.00000316. The van der Waals surface area contributed by atoms with Crippen LogP contribution in [0.4, 0.5) is 0 Å². The molecular formula is C29H48O6P+. The van der Waals surface area contributed by atoms with Gasteiger partial charge >= 0.3 is 15.1 Å². The van der Waals surface area contributed by atoms with Gasteiger partial charge in [0.1, 0.15) is 23.0 Å². The van der Waals surface area contributed by atoms with Gasteiger partial charge in [-0.1, -0.05) is 94.6 Å². The van der Waals surface area contributed by atoms with Crippen molar-refractivity contribution in [2.24, 2.45) is 11.8 Å². The summed E-state index contributed by atoms with van der Waals surface area (Å²) in [7, 11) is 4.23. The molecule has 0 aliphatic heterocycles. The summed E-state index contributed by atoms with van der Waals surface area (Å²) in [5.41, 5.74) is 0.346. The number of rotatable bonds is 17. The van der Waals surface area contributed by atoms with Crippen LogP contribution in [-0.2, 0) is 14.1 Å². The third-order valence-electron chi connectivity index (χ3n) is 7.07. The summed E-state index contributed by atoms with van der Waals surface area (Å²) in [6, 6.07) is 5.26. The van der Waals surface area contributed by atoms with E-state index in [0.29, 0.717) is 23.7 Å². The van der Waals surface area contributed by atoms with Crippen molar-refractivity contribution in [3.05, 3.63) is 23.8 Å². The summed E-state index contributed by atoms with van der Waals surface area (Å²) >= 11 is 0. The lowest BCUT2D eigenvalue weighted by Crippen LogP contribution is -2.35. The summed E-state index contributed by atoms with van der Waals surface area (Å²) < 4.78 is 24.7. The second kappa shape index (κ2) is 20.2. The zero-order valence-electron chi connectivity index (χ0n) is 22.7. The van der Waals surface area contributed by atoms with Crippen molar-refractivity contribution in [3.63, 3.8) is 0 Å². The average molecular weight is 524 g/mol. The molecule has 6 nitrogen and oxygen atoms in total. The molecule has 2 unspecified atom stereocenters. The normalized spacial score (nSPS) is 14.3. The number of carbonyl (C=O) groups is 2. The number of hydrogen-bond donors (Lipinski definition) is 0. The molecule has 1 aromatic carbocycles. The van der Waals surface area contributed by atoms with Gasteiger partial charge in [0, 0.05) is 0 Å². The molecule has 0 spiro atoms. The van der Waals surface area contributed by atoms with Gasteiger partial charge < -0.3 is 14.2 Å². The van der Waals surface area contributed by atoms with Gasteiger partial charge in [0.15, 0.2) is 5.78 Å². The van der Waals surface area contributed by atoms with Crippen LogP contribution < -0.4 is 9.47 Å². The first-order valence-corrected chi connectivity index (χ1v) is 14.3. The maximum absolute atomic E-state index is 13.7. The van der Waals surface area contributed by atoms with Crippen LogP contribution in [0, 0.1) is 11.8 Å². The number of ketones is 1. The predicted molar refractivity (Wildman–Crippen MR) is 147 cm³/mol. The van der Waals surface area contributed by atoms with Crippen LogP contribution in [0.5, 0.6) is 11.5 Å². The first kappa shape index (κ1) is 32.1. The summed E-state index contributed by atoms with van der Waals surface area (Å²) in [5, 5.41) is 0. The third-order valence-corrected chi connectivity index (χ3v) is 7.07. The molecule has 0 amide bonds. The lowest BCUT2D eigenvalue weighted by Gasteiger charge is -2.28. The van der Waals surface area contributed by atoms with Gasteiger partial charge in [-0.05, 0) is 37.3 Å². The van der Waals surface area contributed by atoms with Crippen LogP contribution in [0.2, 0.25) is 0 Å². The van der Waals surface area contributed by atoms with Crippen LogP contribution >= 0.6 is 9.12 Å². The summed E-state index contributed by atoms with van der Waals surface area (Å²) in [6.07, 6.45) is 17.3. The van der Waals surface area contributed by atoms with Gasteiger partial charge in [-0.2, -0.15) is 0 Å². The van der Waals surface area contributed by atoms with Gasteiger partial charge in [0.2, 0.25) is 0 Å². The van der Waals surface area contributed by atoms with E-state index < -0.39 is 5.92 Å². The maximum atomic E-state index is 13.7. The highest BCUT2D eigenvalue weighted by atomic mass is 31.0. The standard InChI is InChI=1S/C29H46O5.H2OP/c1-4-5-6-7-8-9-10-11-12-16-22-34-29(31)26(23-18-14-13-15-19-23)28(30)27-24(32-2)20-17-21-25(27)33-3;1-2/h17,20-21,23,26H,4-16,18-19,22H2,1-3H3;2H2/q;+1. The topological polar surface area (TPSA) is 78.9 Å². The number of hydrogen-bond acceptors (Lipinski definition) is 6. The average Bonchev–Trinajstić information content (AvgIpc) is 2.93. The highest BCUT2D eigenvalue weighted by Gasteiger charge is 2.39. The molecule has 0 N–H and O–H groups in total. The molecule has 36 heavy (non-hydrogen) atoms. The second-order valence-electron chi connectivity index (χ2n) is 9.63. The number of methoxy groups -OCH3 is 2. The Hall–Kier alpha value is -1.94. The molecule has 1 saturated carbocycles. The fourth-order valence-electron chi connectivity index (χ4n) is 5.08. The van der Waals surface area contributed by atoms with Crippen LogP contribution in [0.15, 0.2) is 18.2 Å². The molecule has 2 atom stereocenters. The molecule has 0 bridgehead atoms. The number of ether oxygens (including phenoxy) is 3. The molecule has 2 rings (SSSR count). The zero-order valence-corrected chi connectivity index (χ0v) is 23.9. The Morgan fingerprint density at radius 3 is 1.83 bits per heavy atom. The molecule has 204 valence electrons. The quantitative estimate of drug-likeness (QED) is 0.0683. The molecule has 1 aromatic rings. The first-order chi connectivity index (χ1) is 17.6. The third kappa shape index (κ3) is 11.0. The Bertz CT molecular complexity index is 725. The van der Waals surface area contributed by atoms with Crippen molar-refractivity contribution in [1.82, 2.24) is 0 Å². The molecule has 7 heteroatoms. The summed E-state index contributed by atoms with van der Waals surface area (Å²) in [5.74, 6) is -0.542. The van der Waals surface area contributed by atoms with E-state index in [-0.39, 0.29) is 17.7 Å². The van der Waals surface area contributed by atoms with Crippen LogP contribution in [0.3, 0.4) is 0 Å². The molecule has 0 saturated heterocycles. The molecule has 0 aromatic heterocycles. The maximum Gasteiger partial charge on any atom is 0.317 e. The highest BCUT2D eigenvalue weighted by molar-refractivity contribution is 7.00. The summed E-state index contributed by atoms with van der Waals surface area (Å²) in [4.78, 5) is 26.9. The van der Waals surface area contributed by atoms with Crippen molar-refractivity contribution in [2.75, 3.05) is 20.8 Å². The zero-order chi connectivity index (χ0) is 26.6. The highest BCUT2D eigenvalue weighted by Crippen LogP contribution is 2.37. The van der Waals surface area contributed by atoms with Gasteiger partial charge in [0.05, 0.1) is 20.8 Å². The van der Waals surface area contributed by atoms with Crippen LogP contribution in [0.25, 0.3) is 0 Å². The minimum absolute atomic E-state index is 0.0103. The van der Waals surface area contributed by atoms with Gasteiger partial charge in [-0.15, -0.1) is 0 Å². The van der Waals surface area contributed by atoms with Crippen LogP contribution in [-0.4, -0.2) is 32.6 Å². The number of carbonyl (C=O) groups excluding carboxylic acids is 2. The Kier molecular flexibility index (Phi) is 18.0. The van der Waals surface area contributed by atoms with E-state index in [1.54, 1.807) is 18.2 Å². The largest absolute Gasteiger partial charge is 0.496 e. The SMILES string of the molecule is CCCCCCCCCCCCOC(=O)C(C(=O)c1c(OC)cccc1OC)C1CCCCC1.O=[PH2+]. The van der Waals surface area contributed by atoms with Gasteiger partial charge in [0.25, 0.3) is 0 Å². The van der Waals surface area contributed by atoms with Crippen molar-refractivity contribution in [2.45, 2.75) is 103 Å². The number of benzene rings is 1. The smallest absolute Gasteiger partial charge is 0.317 e. The lowest BCUT2D eigenvalue weighted by molar-refractivity contribution is -0.149. The van der Waals surface area contributed by atoms with Crippen molar-refractivity contribution < 1.29 is 28.4 Å². The van der Waals surface area contributed by atoms with E-state index in [4.69, 9.17) is 18.8 Å². The first-order valence-electron chi connectivity index (χ1n) is 13.8. The Morgan fingerprint density at radius 2 is 1.33 bits per heavy atom. The fraction of sp³-hybridized carbons (Fsp3) is 0.724. The molecular weight excluding hydrogens is 475 g/mol. The van der Waals surface area contributed by atoms with E-state index in [2.05, 4.69) is 6.92 Å². The van der Waals surface area contributed by atoms with E-state index in [1.165, 1.54) is 74.7 Å². The van der Waals surface area contributed by atoms with Crippen molar-refractivity contribution in [1.29, 1.82) is 0 Å². The predicted octanol–water partition coefficient (Wildman–Crippen LogP) is 7.75. The summed E-state index contributed by atoms with van der Waals surface area (Å²) in [6.45, 7) is 2.63. The number of esters is 1. The Morgan fingerprint density at radius 1 is 0.833 bits per heavy atom. The minimum atomic E-state index is -0.798. The van der Waals surface area contributed by atoms with E-state index >= 15 is 0 Å². The number of Topliss-reactive ketones (excluding diaryl/α,β-unsaturated/α-hetero) is 1. The van der Waals surface area contributed by atoms with Crippen molar-refractivity contribution >= 4 is 20.9 Å². The van der Waals surface area contributed by atoms with E-state index in [9.17, 15) is 9.59 Å². The molecule has 1 aliphatic carbocycles. The van der Waals surface area contributed by atoms with Crippen LogP contribution in [0.1, 0.15) is 114 Å². The fourth-order valence-corrected chi connectivity index (χ4v) is 5.08. The van der Waals surface area contributed by atoms with E-state index in [0.717, 1.165) is 44.9 Å². The lowest BCUT2D eigenvalue weighted by atomic mass is 9.76. The van der Waals surface area contributed by atoms with Crippen molar-refractivity contribution in [3.8, 4) is 11.5 Å². The molecule has 1 fully saturated rings. The molecule has 0 heterocycles. The minimum Gasteiger partial charge on any atom is -0.496 e. The molecule has 0 radical (unpaired) electrons. The Labute approximate surface area is 220 Å².